The summed E-state index contributed by atoms with van der Waals surface area (Å²) in [5.41, 5.74) is 1.97. The zero-order chi connectivity index (χ0) is 13.0. The number of likely N-dealkylation sites (tertiary alicyclic amines) is 1. The highest BCUT2D eigenvalue weighted by molar-refractivity contribution is 5.94. The Morgan fingerprint density at radius 2 is 2.33 bits per heavy atom. The van der Waals surface area contributed by atoms with E-state index in [2.05, 4.69) is 5.32 Å². The highest BCUT2D eigenvalue weighted by atomic mass is 16.2. The molecule has 1 aliphatic rings. The molecule has 0 spiro atoms. The van der Waals surface area contributed by atoms with Crippen molar-refractivity contribution in [2.24, 2.45) is 0 Å². The largest absolute Gasteiger partial charge is 0.336 e. The van der Waals surface area contributed by atoms with Crippen molar-refractivity contribution in [3.05, 3.63) is 35.4 Å². The number of nitrogens with zero attached hydrogens (tertiary/aromatic N) is 1. The predicted molar refractivity (Wildman–Crippen MR) is 73.8 cm³/mol. The highest BCUT2D eigenvalue weighted by Gasteiger charge is 2.28. The zero-order valence-electron chi connectivity index (χ0n) is 11.3. The second-order valence-corrected chi connectivity index (χ2v) is 5.06. The molecule has 1 aromatic carbocycles. The smallest absolute Gasteiger partial charge is 0.254 e. The second-order valence-electron chi connectivity index (χ2n) is 5.06. The minimum atomic E-state index is 0.192. The Bertz CT molecular complexity index is 417. The van der Waals surface area contributed by atoms with Crippen LogP contribution >= 0.6 is 0 Å². The van der Waals surface area contributed by atoms with E-state index in [1.54, 1.807) is 0 Å². The Morgan fingerprint density at radius 3 is 3.06 bits per heavy atom. The van der Waals surface area contributed by atoms with Crippen molar-refractivity contribution in [1.29, 1.82) is 0 Å². The van der Waals surface area contributed by atoms with Gasteiger partial charge in [0.05, 0.1) is 0 Å². The first-order valence-electron chi connectivity index (χ1n) is 6.74. The van der Waals surface area contributed by atoms with Gasteiger partial charge in [-0.15, -0.1) is 0 Å². The van der Waals surface area contributed by atoms with Gasteiger partial charge in [-0.1, -0.05) is 17.7 Å². The van der Waals surface area contributed by atoms with Gasteiger partial charge in [-0.25, -0.2) is 0 Å². The van der Waals surface area contributed by atoms with Crippen LogP contribution in [0.2, 0.25) is 0 Å². The van der Waals surface area contributed by atoms with Crippen molar-refractivity contribution < 1.29 is 4.79 Å². The van der Waals surface area contributed by atoms with E-state index in [9.17, 15) is 4.79 Å². The van der Waals surface area contributed by atoms with Crippen LogP contribution < -0.4 is 5.32 Å². The number of carbonyl (C=O) groups is 1. The summed E-state index contributed by atoms with van der Waals surface area (Å²) in [6, 6.07) is 8.30. The first-order valence-corrected chi connectivity index (χ1v) is 6.74. The highest BCUT2D eigenvalue weighted by Crippen LogP contribution is 2.22. The fourth-order valence-corrected chi connectivity index (χ4v) is 2.66. The molecule has 0 radical (unpaired) electrons. The van der Waals surface area contributed by atoms with Crippen molar-refractivity contribution >= 4 is 5.91 Å². The summed E-state index contributed by atoms with van der Waals surface area (Å²) < 4.78 is 0. The van der Waals surface area contributed by atoms with E-state index in [0.717, 1.165) is 43.5 Å². The van der Waals surface area contributed by atoms with Crippen LogP contribution in [0.5, 0.6) is 0 Å². The van der Waals surface area contributed by atoms with Gasteiger partial charge < -0.3 is 10.2 Å². The van der Waals surface area contributed by atoms with Gasteiger partial charge in [-0.05, 0) is 51.9 Å². The fraction of sp³-hybridized carbons (Fsp3) is 0.533. The molecule has 1 fully saturated rings. The maximum absolute atomic E-state index is 12.5. The maximum atomic E-state index is 12.5. The van der Waals surface area contributed by atoms with Crippen LogP contribution in [0.4, 0.5) is 0 Å². The molecule has 0 aliphatic carbocycles. The summed E-state index contributed by atoms with van der Waals surface area (Å²) in [7, 11) is 1.96. The molecule has 3 heteroatoms. The van der Waals surface area contributed by atoms with Gasteiger partial charge in [0.1, 0.15) is 0 Å². The number of nitrogens with one attached hydrogen (secondary N) is 1. The lowest BCUT2D eigenvalue weighted by Gasteiger charge is -2.25. The van der Waals surface area contributed by atoms with Crippen LogP contribution in [0.15, 0.2) is 24.3 Å². The Balaban J connectivity index is 2.08. The van der Waals surface area contributed by atoms with Crippen LogP contribution in [-0.2, 0) is 0 Å². The van der Waals surface area contributed by atoms with E-state index < -0.39 is 0 Å². The van der Waals surface area contributed by atoms with Gasteiger partial charge in [0.15, 0.2) is 0 Å². The summed E-state index contributed by atoms with van der Waals surface area (Å²) in [6.45, 7) is 3.91. The van der Waals surface area contributed by atoms with Crippen molar-refractivity contribution in [2.75, 3.05) is 20.1 Å². The molecule has 0 aromatic heterocycles. The molecule has 0 saturated carbocycles. The molecular weight excluding hydrogens is 224 g/mol. The molecule has 1 aromatic rings. The zero-order valence-corrected chi connectivity index (χ0v) is 11.3. The summed E-state index contributed by atoms with van der Waals surface area (Å²) in [5, 5.41) is 3.16. The van der Waals surface area contributed by atoms with Gasteiger partial charge in [0.25, 0.3) is 5.91 Å². The van der Waals surface area contributed by atoms with Crippen molar-refractivity contribution in [3.8, 4) is 0 Å². The van der Waals surface area contributed by atoms with Gasteiger partial charge in [0.2, 0.25) is 0 Å². The van der Waals surface area contributed by atoms with Gasteiger partial charge >= 0.3 is 0 Å². The van der Waals surface area contributed by atoms with Gasteiger partial charge in [-0.3, -0.25) is 4.79 Å². The minimum Gasteiger partial charge on any atom is -0.336 e. The average molecular weight is 246 g/mol. The van der Waals surface area contributed by atoms with E-state index in [-0.39, 0.29) is 5.91 Å². The molecule has 18 heavy (non-hydrogen) atoms. The monoisotopic (exact) mass is 246 g/mol. The lowest BCUT2D eigenvalue weighted by molar-refractivity contribution is 0.0731. The molecule has 98 valence electrons. The van der Waals surface area contributed by atoms with Crippen LogP contribution in [0.25, 0.3) is 0 Å². The maximum Gasteiger partial charge on any atom is 0.254 e. The van der Waals surface area contributed by atoms with E-state index >= 15 is 0 Å². The Labute approximate surface area is 109 Å². The molecule has 1 unspecified atom stereocenters. The molecule has 1 atom stereocenters. The first-order chi connectivity index (χ1) is 8.72. The molecule has 2 rings (SSSR count). The summed E-state index contributed by atoms with van der Waals surface area (Å²) in [5.74, 6) is 0.192. The van der Waals surface area contributed by atoms with Crippen LogP contribution in [-0.4, -0.2) is 37.0 Å². The summed E-state index contributed by atoms with van der Waals surface area (Å²) in [4.78, 5) is 14.5. The first kappa shape index (κ1) is 13.1. The number of amides is 1. The quantitative estimate of drug-likeness (QED) is 0.883. The van der Waals surface area contributed by atoms with E-state index in [1.165, 1.54) is 0 Å². The second kappa shape index (κ2) is 6.01. The molecule has 1 aliphatic heterocycles. The molecule has 3 nitrogen and oxygen atoms in total. The molecule has 1 saturated heterocycles. The lowest BCUT2D eigenvalue weighted by Crippen LogP contribution is -2.37. The third-order valence-electron chi connectivity index (χ3n) is 3.63. The van der Waals surface area contributed by atoms with E-state index in [1.807, 2.05) is 43.1 Å². The van der Waals surface area contributed by atoms with Crippen molar-refractivity contribution in [1.82, 2.24) is 10.2 Å². The van der Waals surface area contributed by atoms with Crippen LogP contribution in [0.3, 0.4) is 0 Å². The van der Waals surface area contributed by atoms with Crippen LogP contribution in [0, 0.1) is 6.92 Å². The Kier molecular flexibility index (Phi) is 4.37. The van der Waals surface area contributed by atoms with Gasteiger partial charge in [-0.2, -0.15) is 0 Å². The number of aryl methyl sites for hydroxylation is 1. The Morgan fingerprint density at radius 1 is 1.50 bits per heavy atom. The van der Waals surface area contributed by atoms with E-state index in [4.69, 9.17) is 0 Å². The minimum absolute atomic E-state index is 0.192. The third kappa shape index (κ3) is 2.91. The molecule has 1 heterocycles. The normalized spacial score (nSPS) is 19.2. The number of hydrogen-bond donors (Lipinski definition) is 1. The number of carbonyl (C=O) groups excluding carboxylic acids is 1. The predicted octanol–water partition coefficient (Wildman–Crippen LogP) is 2.21. The lowest BCUT2D eigenvalue weighted by atomic mass is 10.1. The fourth-order valence-electron chi connectivity index (χ4n) is 2.66. The molecular formula is C15H22N2O. The summed E-state index contributed by atoms with van der Waals surface area (Å²) >= 11 is 0. The van der Waals surface area contributed by atoms with Crippen molar-refractivity contribution in [3.63, 3.8) is 0 Å². The van der Waals surface area contributed by atoms with E-state index in [0.29, 0.717) is 6.04 Å². The molecule has 0 bridgehead atoms. The van der Waals surface area contributed by atoms with Crippen molar-refractivity contribution in [2.45, 2.75) is 32.2 Å². The SMILES string of the molecule is CNCCC1CCCN1C(=O)c1cccc(C)c1. The number of rotatable bonds is 4. The van der Waals surface area contributed by atoms with Crippen LogP contribution in [0.1, 0.15) is 35.2 Å². The standard InChI is InChI=1S/C15H22N2O/c1-12-5-3-6-13(11-12)15(18)17-10-4-7-14(17)8-9-16-2/h3,5-6,11,14,16H,4,7-10H2,1-2H3. The number of benzene rings is 1. The topological polar surface area (TPSA) is 32.3 Å². The molecule has 1 amide bonds. The summed E-state index contributed by atoms with van der Waals surface area (Å²) in [6.07, 6.45) is 3.32. The molecule has 1 N–H and O–H groups in total. The average Bonchev–Trinajstić information content (AvgIpc) is 2.83. The Hall–Kier alpha value is -1.35. The number of hydrogen-bond acceptors (Lipinski definition) is 2. The third-order valence-corrected chi connectivity index (χ3v) is 3.63. The van der Waals surface area contributed by atoms with Gasteiger partial charge in [0, 0.05) is 18.2 Å².